The summed E-state index contributed by atoms with van der Waals surface area (Å²) in [7, 11) is 3.32. The standard InChI is InChI=1S/C17H25N3O5.ClH/c1-4-25-16-9-13(14(20(22)23)10-15(16)24-3)17(21)19-7-5-12(6-8-19)11-18-2;/h9-10,12,18H,4-8,11H2,1-3H3;1H. The summed E-state index contributed by atoms with van der Waals surface area (Å²) in [5.41, 5.74) is -0.219. The fraction of sp³-hybridized carbons (Fsp3) is 0.588. The number of rotatable bonds is 7. The zero-order valence-electron chi connectivity index (χ0n) is 15.3. The minimum atomic E-state index is -0.556. The van der Waals surface area contributed by atoms with Crippen LogP contribution in [0.5, 0.6) is 11.5 Å². The Kier molecular flexibility index (Phi) is 8.60. The van der Waals surface area contributed by atoms with Crippen molar-refractivity contribution in [2.75, 3.05) is 40.4 Å². The number of nitrogens with zero attached hydrogens (tertiary/aromatic N) is 2. The van der Waals surface area contributed by atoms with Crippen molar-refractivity contribution in [2.24, 2.45) is 5.92 Å². The maximum atomic E-state index is 12.9. The van der Waals surface area contributed by atoms with Crippen LogP contribution in [0.25, 0.3) is 0 Å². The van der Waals surface area contributed by atoms with Crippen LogP contribution in [0.4, 0.5) is 5.69 Å². The van der Waals surface area contributed by atoms with E-state index < -0.39 is 4.92 Å². The van der Waals surface area contributed by atoms with E-state index in [4.69, 9.17) is 9.47 Å². The van der Waals surface area contributed by atoms with Crippen molar-refractivity contribution in [1.82, 2.24) is 10.2 Å². The molecule has 1 aliphatic rings. The van der Waals surface area contributed by atoms with Crippen molar-refractivity contribution in [3.05, 3.63) is 27.8 Å². The van der Waals surface area contributed by atoms with Gasteiger partial charge in [-0.05, 0) is 39.3 Å². The number of ether oxygens (including phenoxy) is 2. The zero-order chi connectivity index (χ0) is 18.4. The minimum Gasteiger partial charge on any atom is -0.493 e. The Balaban J connectivity index is 0.00000338. The zero-order valence-corrected chi connectivity index (χ0v) is 16.1. The first-order valence-electron chi connectivity index (χ1n) is 8.44. The summed E-state index contributed by atoms with van der Waals surface area (Å²) in [4.78, 5) is 25.4. The van der Waals surface area contributed by atoms with Crippen molar-refractivity contribution < 1.29 is 19.2 Å². The highest BCUT2D eigenvalue weighted by atomic mass is 35.5. The van der Waals surface area contributed by atoms with Crippen LogP contribution in [0.1, 0.15) is 30.1 Å². The third-order valence-electron chi connectivity index (χ3n) is 4.40. The molecule has 1 heterocycles. The molecule has 0 atom stereocenters. The highest BCUT2D eigenvalue weighted by Crippen LogP contribution is 2.35. The number of carbonyl (C=O) groups is 1. The number of benzene rings is 1. The minimum absolute atomic E-state index is 0. The summed E-state index contributed by atoms with van der Waals surface area (Å²) in [6.45, 7) is 4.28. The summed E-state index contributed by atoms with van der Waals surface area (Å²) in [6.07, 6.45) is 1.77. The number of nitro groups is 1. The van der Waals surface area contributed by atoms with Gasteiger partial charge in [-0.25, -0.2) is 0 Å². The molecule has 8 nitrogen and oxygen atoms in total. The van der Waals surface area contributed by atoms with Gasteiger partial charge in [-0.1, -0.05) is 0 Å². The van der Waals surface area contributed by atoms with Crippen molar-refractivity contribution in [3.63, 3.8) is 0 Å². The monoisotopic (exact) mass is 387 g/mol. The van der Waals surface area contributed by atoms with E-state index in [1.165, 1.54) is 19.2 Å². The molecule has 0 spiro atoms. The first-order valence-corrected chi connectivity index (χ1v) is 8.44. The topological polar surface area (TPSA) is 93.9 Å². The number of hydrogen-bond acceptors (Lipinski definition) is 6. The Morgan fingerprint density at radius 3 is 2.50 bits per heavy atom. The highest BCUT2D eigenvalue weighted by Gasteiger charge is 2.30. The molecule has 0 unspecified atom stereocenters. The van der Waals surface area contributed by atoms with Crippen LogP contribution in [-0.2, 0) is 0 Å². The maximum Gasteiger partial charge on any atom is 0.286 e. The second-order valence-corrected chi connectivity index (χ2v) is 6.00. The van der Waals surface area contributed by atoms with Gasteiger partial charge in [0, 0.05) is 19.2 Å². The van der Waals surface area contributed by atoms with Gasteiger partial charge in [0.15, 0.2) is 11.5 Å². The molecule has 1 fully saturated rings. The lowest BCUT2D eigenvalue weighted by atomic mass is 9.96. The van der Waals surface area contributed by atoms with E-state index in [0.717, 1.165) is 19.4 Å². The molecule has 1 N–H and O–H groups in total. The van der Waals surface area contributed by atoms with Crippen LogP contribution in [0.3, 0.4) is 0 Å². The molecule has 2 rings (SSSR count). The van der Waals surface area contributed by atoms with Crippen LogP contribution < -0.4 is 14.8 Å². The second kappa shape index (κ2) is 10.2. The third-order valence-corrected chi connectivity index (χ3v) is 4.40. The predicted molar refractivity (Wildman–Crippen MR) is 101 cm³/mol. The normalized spacial score (nSPS) is 14.5. The van der Waals surface area contributed by atoms with Gasteiger partial charge >= 0.3 is 0 Å². The van der Waals surface area contributed by atoms with Crippen molar-refractivity contribution in [1.29, 1.82) is 0 Å². The summed E-state index contributed by atoms with van der Waals surface area (Å²) in [5, 5.41) is 14.6. The average Bonchev–Trinajstić information content (AvgIpc) is 2.61. The molecule has 1 aromatic carbocycles. The number of nitrogens with one attached hydrogen (secondary N) is 1. The van der Waals surface area contributed by atoms with Gasteiger partial charge in [0.2, 0.25) is 0 Å². The van der Waals surface area contributed by atoms with E-state index in [1.807, 2.05) is 7.05 Å². The van der Waals surface area contributed by atoms with Gasteiger partial charge in [-0.3, -0.25) is 14.9 Å². The Morgan fingerprint density at radius 1 is 1.35 bits per heavy atom. The van der Waals surface area contributed by atoms with Gasteiger partial charge in [0.05, 0.1) is 24.7 Å². The van der Waals surface area contributed by atoms with E-state index in [1.54, 1.807) is 11.8 Å². The number of halogens is 1. The molecule has 0 bridgehead atoms. The van der Waals surface area contributed by atoms with Gasteiger partial charge in [-0.15, -0.1) is 12.4 Å². The molecule has 0 radical (unpaired) electrons. The van der Waals surface area contributed by atoms with E-state index in [-0.39, 0.29) is 35.3 Å². The molecule has 9 heteroatoms. The van der Waals surface area contributed by atoms with Crippen molar-refractivity contribution in [2.45, 2.75) is 19.8 Å². The second-order valence-electron chi connectivity index (χ2n) is 6.00. The molecule has 0 aliphatic carbocycles. The van der Waals surface area contributed by atoms with E-state index in [0.29, 0.717) is 31.4 Å². The molecule has 0 aromatic heterocycles. The molecule has 1 saturated heterocycles. The first kappa shape index (κ1) is 22.0. The number of hydrogen-bond donors (Lipinski definition) is 1. The van der Waals surface area contributed by atoms with E-state index in [2.05, 4.69) is 5.32 Å². The quantitative estimate of drug-likeness (QED) is 0.570. The van der Waals surface area contributed by atoms with E-state index >= 15 is 0 Å². The van der Waals surface area contributed by atoms with Gasteiger partial charge < -0.3 is 19.7 Å². The SMILES string of the molecule is CCOc1cc(C(=O)N2CCC(CNC)CC2)c([N+](=O)[O-])cc1OC.Cl. The number of methoxy groups -OCH3 is 1. The fourth-order valence-corrected chi connectivity index (χ4v) is 3.10. The van der Waals surface area contributed by atoms with Crippen molar-refractivity contribution >= 4 is 24.0 Å². The Labute approximate surface area is 159 Å². The Morgan fingerprint density at radius 2 is 2.00 bits per heavy atom. The number of carbonyl (C=O) groups excluding carboxylic acids is 1. The molecule has 146 valence electrons. The lowest BCUT2D eigenvalue weighted by molar-refractivity contribution is -0.385. The fourth-order valence-electron chi connectivity index (χ4n) is 3.10. The lowest BCUT2D eigenvalue weighted by Crippen LogP contribution is -2.40. The molecule has 26 heavy (non-hydrogen) atoms. The van der Waals surface area contributed by atoms with Crippen LogP contribution in [0.15, 0.2) is 12.1 Å². The smallest absolute Gasteiger partial charge is 0.286 e. The molecule has 1 amide bonds. The molecule has 1 aliphatic heterocycles. The van der Waals surface area contributed by atoms with Gasteiger partial charge in [0.25, 0.3) is 11.6 Å². The number of nitro benzene ring substituents is 1. The predicted octanol–water partition coefficient (Wildman–Crippen LogP) is 2.50. The highest BCUT2D eigenvalue weighted by molar-refractivity contribution is 5.99. The van der Waals surface area contributed by atoms with Crippen LogP contribution in [-0.4, -0.2) is 56.1 Å². The van der Waals surface area contributed by atoms with Crippen molar-refractivity contribution in [3.8, 4) is 11.5 Å². The summed E-state index contributed by atoms with van der Waals surface area (Å²) < 4.78 is 10.6. The van der Waals surface area contributed by atoms with Gasteiger partial charge in [0.1, 0.15) is 5.56 Å². The number of amides is 1. The van der Waals surface area contributed by atoms with Crippen LogP contribution in [0.2, 0.25) is 0 Å². The third kappa shape index (κ3) is 4.98. The molecular formula is C17H26ClN3O5. The van der Waals surface area contributed by atoms with Crippen LogP contribution >= 0.6 is 12.4 Å². The maximum absolute atomic E-state index is 12.9. The van der Waals surface area contributed by atoms with Gasteiger partial charge in [-0.2, -0.15) is 0 Å². The summed E-state index contributed by atoms with van der Waals surface area (Å²) in [5.74, 6) is 0.777. The first-order chi connectivity index (χ1) is 12.0. The lowest BCUT2D eigenvalue weighted by Gasteiger charge is -2.32. The molecular weight excluding hydrogens is 362 g/mol. The largest absolute Gasteiger partial charge is 0.493 e. The molecule has 0 saturated carbocycles. The van der Waals surface area contributed by atoms with E-state index in [9.17, 15) is 14.9 Å². The summed E-state index contributed by atoms with van der Waals surface area (Å²) >= 11 is 0. The average molecular weight is 388 g/mol. The number of piperidine rings is 1. The summed E-state index contributed by atoms with van der Waals surface area (Å²) in [6, 6.07) is 2.68. The molecule has 1 aromatic rings. The Bertz CT molecular complexity index is 633. The Hall–Kier alpha value is -2.06. The number of likely N-dealkylation sites (tertiary alicyclic amines) is 1. The van der Waals surface area contributed by atoms with Crippen LogP contribution in [0, 0.1) is 16.0 Å².